The summed E-state index contributed by atoms with van der Waals surface area (Å²) < 4.78 is 9.99. The summed E-state index contributed by atoms with van der Waals surface area (Å²) in [6, 6.07) is 5.14. The molecule has 0 aliphatic rings. The van der Waals surface area contributed by atoms with Gasteiger partial charge in [0.1, 0.15) is 11.4 Å². The first-order valence-electron chi connectivity index (χ1n) is 6.59. The summed E-state index contributed by atoms with van der Waals surface area (Å²) in [7, 11) is 0. The van der Waals surface area contributed by atoms with Gasteiger partial charge >= 0.3 is 12.1 Å². The number of nitro groups is 1. The topological polar surface area (TPSA) is 108 Å². The summed E-state index contributed by atoms with van der Waals surface area (Å²) in [6.45, 7) is 5.26. The number of esters is 1. The molecule has 1 rings (SSSR count). The third-order valence-corrected chi connectivity index (χ3v) is 2.28. The summed E-state index contributed by atoms with van der Waals surface area (Å²) in [5, 5.41) is 12.9. The molecule has 8 nitrogen and oxygen atoms in total. The van der Waals surface area contributed by atoms with E-state index in [4.69, 9.17) is 9.47 Å². The fourth-order valence-corrected chi connectivity index (χ4v) is 1.40. The zero-order valence-corrected chi connectivity index (χ0v) is 12.6. The lowest BCUT2D eigenvalue weighted by Gasteiger charge is -2.19. The van der Waals surface area contributed by atoms with E-state index < -0.39 is 22.6 Å². The highest BCUT2D eigenvalue weighted by Crippen LogP contribution is 2.17. The average molecular weight is 310 g/mol. The third-order valence-electron chi connectivity index (χ3n) is 2.28. The maximum Gasteiger partial charge on any atom is 0.407 e. The molecule has 0 saturated carbocycles. The molecule has 1 aromatic rings. The van der Waals surface area contributed by atoms with Crippen LogP contribution in [-0.4, -0.2) is 29.1 Å². The van der Waals surface area contributed by atoms with E-state index in [2.05, 4.69) is 5.32 Å². The van der Waals surface area contributed by atoms with Gasteiger partial charge in [-0.05, 0) is 32.9 Å². The van der Waals surface area contributed by atoms with E-state index >= 15 is 0 Å². The van der Waals surface area contributed by atoms with E-state index in [0.717, 1.165) is 0 Å². The quantitative estimate of drug-likeness (QED) is 0.387. The summed E-state index contributed by atoms with van der Waals surface area (Å²) in [4.78, 5) is 32.8. The first-order chi connectivity index (χ1) is 10.2. The lowest BCUT2D eigenvalue weighted by Crippen LogP contribution is -2.34. The Hall–Kier alpha value is -2.64. The molecule has 1 N–H and O–H groups in total. The highest BCUT2D eigenvalue weighted by Gasteiger charge is 2.16. The molecule has 0 spiro atoms. The van der Waals surface area contributed by atoms with Crippen molar-refractivity contribution in [1.29, 1.82) is 0 Å². The van der Waals surface area contributed by atoms with Crippen LogP contribution in [-0.2, 0) is 9.53 Å². The van der Waals surface area contributed by atoms with Gasteiger partial charge in [-0.15, -0.1) is 0 Å². The summed E-state index contributed by atoms with van der Waals surface area (Å²) in [6.07, 6.45) is -0.661. The number of amides is 1. The number of ether oxygens (including phenoxy) is 2. The van der Waals surface area contributed by atoms with Crippen LogP contribution < -0.4 is 10.1 Å². The van der Waals surface area contributed by atoms with Gasteiger partial charge in [-0.3, -0.25) is 14.9 Å². The molecule has 0 fully saturated rings. The standard InChI is InChI=1S/C14H18N2O6/c1-14(2,3)22-13(18)15-9-8-12(17)21-11-6-4-10(5-7-11)16(19)20/h4-7H,8-9H2,1-3H3,(H,15,18). The maximum atomic E-state index is 11.5. The minimum absolute atomic E-state index is 0.0454. The Bertz CT molecular complexity index is 547. The lowest BCUT2D eigenvalue weighted by atomic mass is 10.2. The molecule has 0 atom stereocenters. The van der Waals surface area contributed by atoms with Crippen LogP contribution in [0, 0.1) is 10.1 Å². The minimum Gasteiger partial charge on any atom is -0.444 e. The SMILES string of the molecule is CC(C)(C)OC(=O)NCCC(=O)Oc1ccc([N+](=O)[O-])cc1. The third kappa shape index (κ3) is 6.69. The largest absolute Gasteiger partial charge is 0.444 e. The predicted octanol–water partition coefficient (Wildman–Crippen LogP) is 2.42. The van der Waals surface area contributed by atoms with Crippen molar-refractivity contribution < 1.29 is 24.0 Å². The normalized spacial score (nSPS) is 10.7. The molecule has 0 aromatic heterocycles. The molecular weight excluding hydrogens is 292 g/mol. The van der Waals surface area contributed by atoms with Crippen molar-refractivity contribution in [3.05, 3.63) is 34.4 Å². The number of alkyl carbamates (subject to hydrolysis) is 1. The van der Waals surface area contributed by atoms with Crippen LogP contribution in [0.3, 0.4) is 0 Å². The molecule has 22 heavy (non-hydrogen) atoms. The number of hydrogen-bond donors (Lipinski definition) is 1. The molecular formula is C14H18N2O6. The Morgan fingerprint density at radius 1 is 1.23 bits per heavy atom. The number of rotatable bonds is 5. The van der Waals surface area contributed by atoms with E-state index in [-0.39, 0.29) is 24.4 Å². The zero-order valence-electron chi connectivity index (χ0n) is 12.6. The highest BCUT2D eigenvalue weighted by molar-refractivity contribution is 5.74. The van der Waals surface area contributed by atoms with E-state index in [0.29, 0.717) is 0 Å². The van der Waals surface area contributed by atoms with Crippen molar-refractivity contribution in [3.8, 4) is 5.75 Å². The van der Waals surface area contributed by atoms with Gasteiger partial charge in [0.15, 0.2) is 0 Å². The molecule has 120 valence electrons. The van der Waals surface area contributed by atoms with Crippen molar-refractivity contribution in [1.82, 2.24) is 5.32 Å². The van der Waals surface area contributed by atoms with Crippen molar-refractivity contribution in [2.75, 3.05) is 6.54 Å². The van der Waals surface area contributed by atoms with Gasteiger partial charge in [0.25, 0.3) is 5.69 Å². The van der Waals surface area contributed by atoms with Crippen molar-refractivity contribution >= 4 is 17.7 Å². The fraction of sp³-hybridized carbons (Fsp3) is 0.429. The molecule has 0 radical (unpaired) electrons. The van der Waals surface area contributed by atoms with Crippen LogP contribution in [0.2, 0.25) is 0 Å². The molecule has 0 heterocycles. The van der Waals surface area contributed by atoms with Gasteiger partial charge in [-0.2, -0.15) is 0 Å². The first kappa shape index (κ1) is 17.4. The molecule has 8 heteroatoms. The Kier molecular flexibility index (Phi) is 5.85. The van der Waals surface area contributed by atoms with E-state index in [1.165, 1.54) is 24.3 Å². The predicted molar refractivity (Wildman–Crippen MR) is 77.6 cm³/mol. The second-order valence-electron chi connectivity index (χ2n) is 5.40. The minimum atomic E-state index is -0.615. The van der Waals surface area contributed by atoms with Gasteiger partial charge < -0.3 is 14.8 Å². The molecule has 1 aromatic carbocycles. The second kappa shape index (κ2) is 7.39. The van der Waals surface area contributed by atoms with Crippen LogP contribution in [0.15, 0.2) is 24.3 Å². The average Bonchev–Trinajstić information content (AvgIpc) is 2.37. The maximum absolute atomic E-state index is 11.5. The molecule has 1 amide bonds. The Morgan fingerprint density at radius 3 is 2.32 bits per heavy atom. The van der Waals surface area contributed by atoms with E-state index in [1.807, 2.05) is 0 Å². The number of carbonyl (C=O) groups excluding carboxylic acids is 2. The highest BCUT2D eigenvalue weighted by atomic mass is 16.6. The molecule has 0 bridgehead atoms. The van der Waals surface area contributed by atoms with Gasteiger partial charge in [0.05, 0.1) is 11.3 Å². The number of nitrogens with one attached hydrogen (secondary N) is 1. The molecule has 0 aliphatic heterocycles. The summed E-state index contributed by atoms with van der Waals surface area (Å²) >= 11 is 0. The molecule has 0 saturated heterocycles. The van der Waals surface area contributed by atoms with Crippen LogP contribution >= 0.6 is 0 Å². The van der Waals surface area contributed by atoms with Crippen LogP contribution in [0.25, 0.3) is 0 Å². The van der Waals surface area contributed by atoms with E-state index in [1.54, 1.807) is 20.8 Å². The van der Waals surface area contributed by atoms with Crippen LogP contribution in [0.1, 0.15) is 27.2 Å². The summed E-state index contributed by atoms with van der Waals surface area (Å²) in [5.74, 6) is -0.363. The smallest absolute Gasteiger partial charge is 0.407 e. The number of non-ortho nitro benzene ring substituents is 1. The first-order valence-corrected chi connectivity index (χ1v) is 6.59. The Morgan fingerprint density at radius 2 is 1.82 bits per heavy atom. The second-order valence-corrected chi connectivity index (χ2v) is 5.40. The van der Waals surface area contributed by atoms with Gasteiger partial charge in [0, 0.05) is 18.7 Å². The van der Waals surface area contributed by atoms with Crippen molar-refractivity contribution in [2.45, 2.75) is 32.8 Å². The lowest BCUT2D eigenvalue weighted by molar-refractivity contribution is -0.384. The number of carbonyl (C=O) groups is 2. The van der Waals surface area contributed by atoms with Crippen LogP contribution in [0.5, 0.6) is 5.75 Å². The summed E-state index contributed by atoms with van der Waals surface area (Å²) in [5.41, 5.74) is -0.699. The Labute approximate surface area is 127 Å². The Balaban J connectivity index is 2.34. The van der Waals surface area contributed by atoms with Gasteiger partial charge in [0.2, 0.25) is 0 Å². The van der Waals surface area contributed by atoms with Crippen LogP contribution in [0.4, 0.5) is 10.5 Å². The number of nitrogens with zero attached hydrogens (tertiary/aromatic N) is 1. The zero-order chi connectivity index (χ0) is 16.8. The molecule has 0 unspecified atom stereocenters. The van der Waals surface area contributed by atoms with E-state index in [9.17, 15) is 19.7 Å². The number of benzene rings is 1. The van der Waals surface area contributed by atoms with Crippen molar-refractivity contribution in [2.24, 2.45) is 0 Å². The molecule has 0 aliphatic carbocycles. The van der Waals surface area contributed by atoms with Crippen molar-refractivity contribution in [3.63, 3.8) is 0 Å². The number of nitro benzene ring substituents is 1. The monoisotopic (exact) mass is 310 g/mol. The van der Waals surface area contributed by atoms with Gasteiger partial charge in [-0.1, -0.05) is 0 Å². The number of hydrogen-bond acceptors (Lipinski definition) is 6. The van der Waals surface area contributed by atoms with Gasteiger partial charge in [-0.25, -0.2) is 4.79 Å². The fourth-order valence-electron chi connectivity index (χ4n) is 1.40.